The molecule has 2 aromatic carbocycles. The van der Waals surface area contributed by atoms with Gasteiger partial charge in [0.1, 0.15) is 0 Å². The highest BCUT2D eigenvalue weighted by molar-refractivity contribution is 7.99. The van der Waals surface area contributed by atoms with E-state index >= 15 is 0 Å². The Morgan fingerprint density at radius 2 is 1.94 bits per heavy atom. The van der Waals surface area contributed by atoms with Crippen molar-refractivity contribution in [2.45, 2.75) is 31.7 Å². The van der Waals surface area contributed by atoms with E-state index in [9.17, 15) is 22.8 Å². The lowest BCUT2D eigenvalue weighted by Crippen LogP contribution is -2.26. The van der Waals surface area contributed by atoms with Gasteiger partial charge in [-0.3, -0.25) is 14.2 Å². The molecule has 5 nitrogen and oxygen atoms in total. The van der Waals surface area contributed by atoms with Crippen molar-refractivity contribution in [2.24, 2.45) is 5.92 Å². The second kappa shape index (κ2) is 9.32. The summed E-state index contributed by atoms with van der Waals surface area (Å²) >= 11 is 6.97. The van der Waals surface area contributed by atoms with Crippen LogP contribution < -0.4 is 10.9 Å². The normalized spacial score (nSPS) is 11.8. The quantitative estimate of drug-likeness (QED) is 0.385. The van der Waals surface area contributed by atoms with Crippen molar-refractivity contribution in [3.05, 3.63) is 63.4 Å². The molecule has 0 aliphatic heterocycles. The standard InChI is InChI=1S/C21H19ClF3N3O2S/c1-12(2)10-28-19(30)14-5-3-4-6-16(14)27-20(28)31-11-18(29)26-17-9-13(21(23,24)25)7-8-15(17)22/h3-9,12H,10-11H2,1-2H3,(H,26,29). The molecule has 0 bridgehead atoms. The third-order valence-corrected chi connectivity index (χ3v) is 5.58. The number of thioether (sulfide) groups is 1. The maximum atomic E-state index is 12.9. The lowest BCUT2D eigenvalue weighted by molar-refractivity contribution is -0.137. The third-order valence-electron chi connectivity index (χ3n) is 4.27. The Kier molecular flexibility index (Phi) is 6.96. The Hall–Kier alpha value is -2.52. The Morgan fingerprint density at radius 1 is 1.23 bits per heavy atom. The molecule has 1 heterocycles. The van der Waals surface area contributed by atoms with Crippen molar-refractivity contribution in [1.29, 1.82) is 0 Å². The highest BCUT2D eigenvalue weighted by atomic mass is 35.5. The van der Waals surface area contributed by atoms with Gasteiger partial charge in [-0.1, -0.05) is 49.3 Å². The molecule has 0 aliphatic carbocycles. The first kappa shape index (κ1) is 23.1. The molecule has 10 heteroatoms. The maximum Gasteiger partial charge on any atom is 0.416 e. The molecule has 0 spiro atoms. The van der Waals surface area contributed by atoms with Crippen LogP contribution in [0, 0.1) is 5.92 Å². The molecule has 164 valence electrons. The van der Waals surface area contributed by atoms with Crippen LogP contribution in [0.3, 0.4) is 0 Å². The Balaban J connectivity index is 1.82. The third kappa shape index (κ3) is 5.59. The molecule has 31 heavy (non-hydrogen) atoms. The summed E-state index contributed by atoms with van der Waals surface area (Å²) in [5, 5.41) is 3.23. The zero-order valence-electron chi connectivity index (χ0n) is 16.7. The number of hydrogen-bond acceptors (Lipinski definition) is 4. The Labute approximate surface area is 185 Å². The lowest BCUT2D eigenvalue weighted by atomic mass is 10.2. The number of fused-ring (bicyclic) bond motifs is 1. The van der Waals surface area contributed by atoms with Crippen molar-refractivity contribution < 1.29 is 18.0 Å². The number of nitrogens with one attached hydrogen (secondary N) is 1. The smallest absolute Gasteiger partial charge is 0.324 e. The predicted octanol–water partition coefficient (Wildman–Crippen LogP) is 5.46. The van der Waals surface area contributed by atoms with Gasteiger partial charge >= 0.3 is 6.18 Å². The van der Waals surface area contributed by atoms with Gasteiger partial charge in [0, 0.05) is 6.54 Å². The summed E-state index contributed by atoms with van der Waals surface area (Å²) in [5.41, 5.74) is -0.741. The summed E-state index contributed by atoms with van der Waals surface area (Å²) in [6.07, 6.45) is -4.55. The average Bonchev–Trinajstić information content (AvgIpc) is 2.69. The van der Waals surface area contributed by atoms with E-state index in [-0.39, 0.29) is 27.9 Å². The number of rotatable bonds is 6. The van der Waals surface area contributed by atoms with Gasteiger partial charge < -0.3 is 5.32 Å². The Bertz CT molecular complexity index is 1180. The summed E-state index contributed by atoms with van der Waals surface area (Å²) in [7, 11) is 0. The van der Waals surface area contributed by atoms with Crippen LogP contribution >= 0.6 is 23.4 Å². The van der Waals surface area contributed by atoms with E-state index in [1.807, 2.05) is 13.8 Å². The van der Waals surface area contributed by atoms with Crippen LogP contribution in [0.1, 0.15) is 19.4 Å². The van der Waals surface area contributed by atoms with Gasteiger partial charge in [-0.2, -0.15) is 13.2 Å². The first-order valence-corrected chi connectivity index (χ1v) is 10.7. The summed E-state index contributed by atoms with van der Waals surface area (Å²) in [6.45, 7) is 4.33. The number of amides is 1. The molecule has 0 aliphatic rings. The number of carbonyl (C=O) groups is 1. The van der Waals surface area contributed by atoms with Crippen LogP contribution in [0.5, 0.6) is 0 Å². The number of alkyl halides is 3. The van der Waals surface area contributed by atoms with Gasteiger partial charge in [0.25, 0.3) is 5.56 Å². The van der Waals surface area contributed by atoms with Crippen LogP contribution in [0.2, 0.25) is 5.02 Å². The van der Waals surface area contributed by atoms with Crippen LogP contribution in [0.15, 0.2) is 52.4 Å². The van der Waals surface area contributed by atoms with Crippen LogP contribution in [-0.2, 0) is 17.5 Å². The van der Waals surface area contributed by atoms with Gasteiger partial charge in [0.2, 0.25) is 5.91 Å². The number of benzene rings is 2. The Morgan fingerprint density at radius 3 is 2.61 bits per heavy atom. The molecule has 3 rings (SSSR count). The number of carbonyl (C=O) groups excluding carboxylic acids is 1. The fourth-order valence-corrected chi connectivity index (χ4v) is 3.87. The molecule has 0 saturated heterocycles. The van der Waals surface area contributed by atoms with Gasteiger partial charge in [-0.25, -0.2) is 4.98 Å². The van der Waals surface area contributed by atoms with Crippen molar-refractivity contribution in [1.82, 2.24) is 9.55 Å². The highest BCUT2D eigenvalue weighted by Crippen LogP contribution is 2.34. The van der Waals surface area contributed by atoms with E-state index < -0.39 is 17.6 Å². The second-order valence-corrected chi connectivity index (χ2v) is 8.60. The summed E-state index contributed by atoms with van der Waals surface area (Å²) in [6, 6.07) is 9.63. The molecule has 0 unspecified atom stereocenters. The summed E-state index contributed by atoms with van der Waals surface area (Å²) in [4.78, 5) is 29.8. The zero-order valence-corrected chi connectivity index (χ0v) is 18.2. The zero-order chi connectivity index (χ0) is 22.8. The molecule has 0 radical (unpaired) electrons. The molecule has 1 N–H and O–H groups in total. The van der Waals surface area contributed by atoms with Crippen LogP contribution in [-0.4, -0.2) is 21.2 Å². The van der Waals surface area contributed by atoms with Crippen LogP contribution in [0.4, 0.5) is 18.9 Å². The fraction of sp³-hybridized carbons (Fsp3) is 0.286. The second-order valence-electron chi connectivity index (χ2n) is 7.25. The lowest BCUT2D eigenvalue weighted by Gasteiger charge is -2.15. The molecular weight excluding hydrogens is 451 g/mol. The van der Waals surface area contributed by atoms with Crippen molar-refractivity contribution in [3.8, 4) is 0 Å². The van der Waals surface area contributed by atoms with E-state index in [0.29, 0.717) is 22.6 Å². The van der Waals surface area contributed by atoms with Crippen molar-refractivity contribution in [2.75, 3.05) is 11.1 Å². The molecule has 0 fully saturated rings. The number of anilines is 1. The minimum absolute atomic E-state index is 0.00750. The maximum absolute atomic E-state index is 12.9. The predicted molar refractivity (Wildman–Crippen MR) is 117 cm³/mol. The summed E-state index contributed by atoms with van der Waals surface area (Å²) < 4.78 is 40.3. The van der Waals surface area contributed by atoms with E-state index in [2.05, 4.69) is 10.3 Å². The topological polar surface area (TPSA) is 64.0 Å². The summed E-state index contributed by atoms with van der Waals surface area (Å²) in [5.74, 6) is -0.558. The monoisotopic (exact) mass is 469 g/mol. The van der Waals surface area contributed by atoms with Crippen LogP contribution in [0.25, 0.3) is 10.9 Å². The van der Waals surface area contributed by atoms with Crippen molar-refractivity contribution >= 4 is 45.9 Å². The van der Waals surface area contributed by atoms with E-state index in [4.69, 9.17) is 11.6 Å². The number of nitrogens with zero attached hydrogens (tertiary/aromatic N) is 2. The molecular formula is C21H19ClF3N3O2S. The first-order chi connectivity index (χ1) is 14.6. The minimum Gasteiger partial charge on any atom is -0.324 e. The van der Waals surface area contributed by atoms with E-state index in [1.54, 1.807) is 24.3 Å². The minimum atomic E-state index is -4.55. The first-order valence-electron chi connectivity index (χ1n) is 9.35. The average molecular weight is 470 g/mol. The van der Waals surface area contributed by atoms with E-state index in [0.717, 1.165) is 30.0 Å². The molecule has 0 atom stereocenters. The fourth-order valence-electron chi connectivity index (χ4n) is 2.90. The number of aromatic nitrogens is 2. The molecule has 0 saturated carbocycles. The van der Waals surface area contributed by atoms with E-state index in [1.165, 1.54) is 4.57 Å². The van der Waals surface area contributed by atoms with Gasteiger partial charge in [0.05, 0.1) is 32.9 Å². The molecule has 1 amide bonds. The highest BCUT2D eigenvalue weighted by Gasteiger charge is 2.31. The molecule has 3 aromatic rings. The SMILES string of the molecule is CC(C)Cn1c(SCC(=O)Nc2cc(C(F)(F)F)ccc2Cl)nc2ccccc2c1=O. The van der Waals surface area contributed by atoms with Gasteiger partial charge in [-0.05, 0) is 36.2 Å². The van der Waals surface area contributed by atoms with Gasteiger partial charge in [-0.15, -0.1) is 0 Å². The molecule has 1 aromatic heterocycles. The van der Waals surface area contributed by atoms with Crippen molar-refractivity contribution in [3.63, 3.8) is 0 Å². The number of para-hydroxylation sites is 1. The number of hydrogen-bond donors (Lipinski definition) is 1. The van der Waals surface area contributed by atoms with Gasteiger partial charge in [0.15, 0.2) is 5.16 Å². The largest absolute Gasteiger partial charge is 0.416 e. The number of halogens is 4.